The molecule has 0 unspecified atom stereocenters. The van der Waals surface area contributed by atoms with Crippen LogP contribution in [-0.4, -0.2) is 16.2 Å². The van der Waals surface area contributed by atoms with Crippen molar-refractivity contribution in [2.24, 2.45) is 0 Å². The fraction of sp³-hybridized carbons (Fsp3) is 0.556. The zero-order valence-corrected chi connectivity index (χ0v) is 11.9. The summed E-state index contributed by atoms with van der Waals surface area (Å²) >= 11 is 9.94. The first-order valence-corrected chi connectivity index (χ1v) is 7.23. The van der Waals surface area contributed by atoms with Crippen LogP contribution in [0.3, 0.4) is 0 Å². The van der Waals surface area contributed by atoms with Crippen molar-refractivity contribution in [2.45, 2.75) is 25.5 Å². The molecule has 14 heavy (non-hydrogen) atoms. The Bertz CT molecular complexity index is 320. The van der Waals surface area contributed by atoms with Gasteiger partial charge < -0.3 is 0 Å². The molecule has 1 aromatic heterocycles. The Morgan fingerprint density at radius 2 is 2.14 bits per heavy atom. The number of hydrogen-bond acceptors (Lipinski definition) is 3. The van der Waals surface area contributed by atoms with Gasteiger partial charge in [-0.15, -0.1) is 0 Å². The number of thioether (sulfide) groups is 1. The number of nitrogens with zero attached hydrogens (tertiary/aromatic N) is 2. The van der Waals surface area contributed by atoms with Crippen molar-refractivity contribution in [1.82, 2.24) is 9.97 Å². The predicted molar refractivity (Wildman–Crippen MR) is 71.0 cm³/mol. The second kappa shape index (κ2) is 6.12. The molecule has 1 aromatic rings. The number of aryl methyl sites for hydroxylation is 1. The minimum absolute atomic E-state index is 0.591. The molecule has 1 rings (SSSR count). The zero-order valence-electron chi connectivity index (χ0n) is 8.18. The van der Waals surface area contributed by atoms with Crippen molar-refractivity contribution >= 4 is 46.0 Å². The largest absolute Gasteiger partial charge is 0.236 e. The summed E-state index contributed by atoms with van der Waals surface area (Å²) < 4.78 is 0.996. The van der Waals surface area contributed by atoms with E-state index in [9.17, 15) is 0 Å². The van der Waals surface area contributed by atoms with Crippen molar-refractivity contribution in [3.05, 3.63) is 20.2 Å². The molecule has 1 heterocycles. The first-order chi connectivity index (χ1) is 6.69. The summed E-state index contributed by atoms with van der Waals surface area (Å²) in [6.07, 6.45) is 4.10. The maximum atomic E-state index is 6.02. The number of aromatic nitrogens is 2. The average Bonchev–Trinajstić information content (AvgIpc) is 2.14. The Hall–Kier alpha value is 0.450. The van der Waals surface area contributed by atoms with Crippen LogP contribution in [0.25, 0.3) is 0 Å². The first-order valence-electron chi connectivity index (χ1n) is 4.38. The predicted octanol–water partition coefficient (Wildman–Crippen LogP) is 3.55. The molecule has 2 nitrogen and oxygen atoms in total. The highest BCUT2D eigenvalue weighted by Gasteiger charge is 2.09. The van der Waals surface area contributed by atoms with Gasteiger partial charge in [-0.05, 0) is 35.3 Å². The molecule has 0 aromatic carbocycles. The minimum Gasteiger partial charge on any atom is -0.236 e. The molecule has 0 saturated carbocycles. The molecule has 0 saturated heterocycles. The Labute approximate surface area is 107 Å². The Balaban J connectivity index is 3.01. The lowest BCUT2D eigenvalue weighted by Gasteiger charge is -2.06. The average molecular weight is 343 g/mol. The van der Waals surface area contributed by atoms with Crippen molar-refractivity contribution in [2.75, 3.05) is 6.26 Å². The smallest absolute Gasteiger partial charge is 0.146 e. The highest BCUT2D eigenvalue weighted by molar-refractivity contribution is 14.1. The topological polar surface area (TPSA) is 25.8 Å². The van der Waals surface area contributed by atoms with E-state index in [0.29, 0.717) is 5.15 Å². The molecular formula is C9H12ClIN2S. The number of hydrogen-bond donors (Lipinski definition) is 0. The van der Waals surface area contributed by atoms with Gasteiger partial charge in [0.1, 0.15) is 11.0 Å². The van der Waals surface area contributed by atoms with Gasteiger partial charge in [0, 0.05) is 0 Å². The van der Waals surface area contributed by atoms with Crippen LogP contribution < -0.4 is 0 Å². The van der Waals surface area contributed by atoms with Crippen LogP contribution >= 0.6 is 46.0 Å². The lowest BCUT2D eigenvalue weighted by Crippen LogP contribution is -2.02. The molecule has 0 radical (unpaired) electrons. The summed E-state index contributed by atoms with van der Waals surface area (Å²) in [4.78, 5) is 8.72. The highest BCUT2D eigenvalue weighted by atomic mass is 127. The molecule has 0 aliphatic rings. The van der Waals surface area contributed by atoms with Gasteiger partial charge in [-0.3, -0.25) is 0 Å². The zero-order chi connectivity index (χ0) is 10.6. The quantitative estimate of drug-likeness (QED) is 0.618. The molecule has 0 fully saturated rings. The van der Waals surface area contributed by atoms with Crippen molar-refractivity contribution in [3.8, 4) is 0 Å². The molecule has 0 aliphatic heterocycles. The minimum atomic E-state index is 0.591. The standard InChI is InChI=1S/C9H12ClIN2S/c1-3-4-6-8(11)9(10)13-7(12-6)5-14-2/h3-5H2,1-2H3. The van der Waals surface area contributed by atoms with Crippen molar-refractivity contribution in [1.29, 1.82) is 0 Å². The summed E-state index contributed by atoms with van der Waals surface area (Å²) in [6.45, 7) is 2.14. The van der Waals surface area contributed by atoms with E-state index in [2.05, 4.69) is 39.5 Å². The summed E-state index contributed by atoms with van der Waals surface area (Å²) in [5.41, 5.74) is 1.08. The normalized spacial score (nSPS) is 10.6. The summed E-state index contributed by atoms with van der Waals surface area (Å²) in [5.74, 6) is 1.67. The molecular weight excluding hydrogens is 331 g/mol. The molecule has 0 spiro atoms. The van der Waals surface area contributed by atoms with E-state index in [4.69, 9.17) is 11.6 Å². The van der Waals surface area contributed by atoms with Gasteiger partial charge in [0.2, 0.25) is 0 Å². The second-order valence-electron chi connectivity index (χ2n) is 2.87. The third-order valence-electron chi connectivity index (χ3n) is 1.69. The van der Waals surface area contributed by atoms with Crippen LogP contribution in [-0.2, 0) is 12.2 Å². The maximum Gasteiger partial charge on any atom is 0.146 e. The Morgan fingerprint density at radius 1 is 1.43 bits per heavy atom. The van der Waals surface area contributed by atoms with Crippen LogP contribution in [0.2, 0.25) is 5.15 Å². The molecule has 5 heteroatoms. The Kier molecular flexibility index (Phi) is 5.48. The third kappa shape index (κ3) is 3.24. The molecule has 0 N–H and O–H groups in total. The van der Waals surface area contributed by atoms with Gasteiger partial charge in [0.05, 0.1) is 15.0 Å². The summed E-state index contributed by atoms with van der Waals surface area (Å²) in [5, 5.41) is 0.591. The fourth-order valence-electron chi connectivity index (χ4n) is 1.11. The van der Waals surface area contributed by atoms with E-state index in [1.165, 1.54) is 0 Å². The van der Waals surface area contributed by atoms with Gasteiger partial charge >= 0.3 is 0 Å². The highest BCUT2D eigenvalue weighted by Crippen LogP contribution is 2.21. The molecule has 0 atom stereocenters. The van der Waals surface area contributed by atoms with Crippen LogP contribution in [0.1, 0.15) is 24.9 Å². The monoisotopic (exact) mass is 342 g/mol. The number of rotatable bonds is 4. The fourth-order valence-corrected chi connectivity index (χ4v) is 2.21. The van der Waals surface area contributed by atoms with E-state index in [1.54, 1.807) is 11.8 Å². The van der Waals surface area contributed by atoms with Crippen molar-refractivity contribution < 1.29 is 0 Å². The van der Waals surface area contributed by atoms with E-state index >= 15 is 0 Å². The van der Waals surface area contributed by atoms with Gasteiger partial charge in [-0.2, -0.15) is 11.8 Å². The molecule has 0 aliphatic carbocycles. The van der Waals surface area contributed by atoms with Crippen LogP contribution in [0.15, 0.2) is 0 Å². The molecule has 0 bridgehead atoms. The van der Waals surface area contributed by atoms with Crippen LogP contribution in [0.4, 0.5) is 0 Å². The third-order valence-corrected chi connectivity index (χ3v) is 3.96. The Morgan fingerprint density at radius 3 is 2.71 bits per heavy atom. The summed E-state index contributed by atoms with van der Waals surface area (Å²) in [6, 6.07) is 0. The lowest BCUT2D eigenvalue weighted by molar-refractivity contribution is 0.845. The first kappa shape index (κ1) is 12.5. The lowest BCUT2D eigenvalue weighted by atomic mass is 10.2. The van der Waals surface area contributed by atoms with E-state index in [-0.39, 0.29) is 0 Å². The summed E-state index contributed by atoms with van der Waals surface area (Å²) in [7, 11) is 0. The SMILES string of the molecule is CCCc1nc(CSC)nc(Cl)c1I. The number of halogens is 2. The van der Waals surface area contributed by atoms with E-state index < -0.39 is 0 Å². The van der Waals surface area contributed by atoms with Crippen molar-refractivity contribution in [3.63, 3.8) is 0 Å². The van der Waals surface area contributed by atoms with E-state index in [1.807, 2.05) is 6.26 Å². The molecule has 78 valence electrons. The van der Waals surface area contributed by atoms with Gasteiger partial charge in [0.25, 0.3) is 0 Å². The van der Waals surface area contributed by atoms with Gasteiger partial charge in [-0.1, -0.05) is 24.9 Å². The molecule has 0 amide bonds. The van der Waals surface area contributed by atoms with Crippen LogP contribution in [0.5, 0.6) is 0 Å². The van der Waals surface area contributed by atoms with Gasteiger partial charge in [-0.25, -0.2) is 9.97 Å². The maximum absolute atomic E-state index is 6.02. The van der Waals surface area contributed by atoms with Gasteiger partial charge in [0.15, 0.2) is 0 Å². The van der Waals surface area contributed by atoms with Crippen LogP contribution in [0, 0.1) is 3.57 Å². The second-order valence-corrected chi connectivity index (χ2v) is 5.18. The van der Waals surface area contributed by atoms with E-state index in [0.717, 1.165) is 33.7 Å².